The molecular weight excluding hydrogens is 152 g/mol. The molecule has 0 spiro atoms. The molecule has 0 bridgehead atoms. The Morgan fingerprint density at radius 1 is 1.58 bits per heavy atom. The highest BCUT2D eigenvalue weighted by molar-refractivity contribution is 4.85. The molecule has 0 heterocycles. The van der Waals surface area contributed by atoms with Crippen LogP contribution in [0.1, 0.15) is 33.1 Å². The number of ether oxygens (including phenoxy) is 1. The minimum Gasteiger partial charge on any atom is -0.377 e. The Morgan fingerprint density at radius 2 is 2.25 bits per heavy atom. The van der Waals surface area contributed by atoms with E-state index < -0.39 is 0 Å². The molecule has 1 fully saturated rings. The Labute approximate surface area is 74.6 Å². The maximum absolute atomic E-state index is 5.51. The third kappa shape index (κ3) is 2.19. The molecule has 0 aliphatic heterocycles. The molecule has 2 unspecified atom stereocenters. The quantitative estimate of drug-likeness (QED) is 0.481. The number of hydrogen-bond acceptors (Lipinski definition) is 3. The van der Waals surface area contributed by atoms with Crippen LogP contribution in [0.15, 0.2) is 0 Å². The first kappa shape index (κ1) is 9.96. The van der Waals surface area contributed by atoms with Gasteiger partial charge in [-0.1, -0.05) is 6.42 Å². The normalized spacial score (nSPS) is 23.2. The fourth-order valence-electron chi connectivity index (χ4n) is 1.82. The van der Waals surface area contributed by atoms with Crippen molar-refractivity contribution in [1.29, 1.82) is 0 Å². The molecule has 72 valence electrons. The van der Waals surface area contributed by atoms with E-state index in [-0.39, 0.29) is 6.10 Å². The van der Waals surface area contributed by atoms with Crippen molar-refractivity contribution in [2.24, 2.45) is 11.8 Å². The van der Waals surface area contributed by atoms with Crippen molar-refractivity contribution in [3.63, 3.8) is 0 Å². The summed E-state index contributed by atoms with van der Waals surface area (Å²) in [6, 6.07) is 0.346. The number of nitrogens with one attached hydrogen (secondary N) is 1. The largest absolute Gasteiger partial charge is 0.377 e. The number of hydrogen-bond donors (Lipinski definition) is 2. The second-order valence-corrected chi connectivity index (χ2v) is 3.54. The fraction of sp³-hybridized carbons (Fsp3) is 1.00. The minimum absolute atomic E-state index is 0.241. The molecule has 0 aromatic rings. The summed E-state index contributed by atoms with van der Waals surface area (Å²) in [5.41, 5.74) is 2.86. The predicted octanol–water partition coefficient (Wildman–Crippen LogP) is 1.04. The van der Waals surface area contributed by atoms with Crippen LogP contribution in [0.3, 0.4) is 0 Å². The first-order valence-electron chi connectivity index (χ1n) is 4.87. The van der Waals surface area contributed by atoms with Gasteiger partial charge in [0.15, 0.2) is 0 Å². The van der Waals surface area contributed by atoms with Gasteiger partial charge in [0.1, 0.15) is 0 Å². The summed E-state index contributed by atoms with van der Waals surface area (Å²) in [6.45, 7) is 4.88. The van der Waals surface area contributed by atoms with Gasteiger partial charge in [0.2, 0.25) is 0 Å². The highest BCUT2D eigenvalue weighted by Crippen LogP contribution is 2.31. The third-order valence-electron chi connectivity index (χ3n) is 2.79. The van der Waals surface area contributed by atoms with Gasteiger partial charge in [-0.2, -0.15) is 0 Å². The van der Waals surface area contributed by atoms with E-state index in [4.69, 9.17) is 10.6 Å². The lowest BCUT2D eigenvalue weighted by Gasteiger charge is -2.36. The van der Waals surface area contributed by atoms with Gasteiger partial charge in [-0.05, 0) is 32.6 Å². The van der Waals surface area contributed by atoms with Crippen molar-refractivity contribution in [1.82, 2.24) is 5.43 Å². The van der Waals surface area contributed by atoms with Crippen molar-refractivity contribution < 1.29 is 4.74 Å². The van der Waals surface area contributed by atoms with Gasteiger partial charge in [0, 0.05) is 12.6 Å². The molecule has 2 atom stereocenters. The first-order valence-corrected chi connectivity index (χ1v) is 4.87. The van der Waals surface area contributed by atoms with Gasteiger partial charge in [-0.25, -0.2) is 0 Å². The summed E-state index contributed by atoms with van der Waals surface area (Å²) in [4.78, 5) is 0. The van der Waals surface area contributed by atoms with Gasteiger partial charge in [0.05, 0.1) is 6.10 Å². The zero-order valence-electron chi connectivity index (χ0n) is 8.05. The Hall–Kier alpha value is -0.120. The van der Waals surface area contributed by atoms with Crippen LogP contribution in [0.4, 0.5) is 0 Å². The second-order valence-electron chi connectivity index (χ2n) is 3.54. The van der Waals surface area contributed by atoms with Crippen molar-refractivity contribution in [2.75, 3.05) is 6.61 Å². The molecule has 3 heteroatoms. The van der Waals surface area contributed by atoms with Crippen LogP contribution >= 0.6 is 0 Å². The monoisotopic (exact) mass is 172 g/mol. The van der Waals surface area contributed by atoms with Crippen LogP contribution in [-0.2, 0) is 4.74 Å². The molecule has 1 aliphatic carbocycles. The lowest BCUT2D eigenvalue weighted by Crippen LogP contribution is -2.50. The number of rotatable bonds is 5. The first-order chi connectivity index (χ1) is 5.79. The van der Waals surface area contributed by atoms with E-state index >= 15 is 0 Å². The highest BCUT2D eigenvalue weighted by atomic mass is 16.5. The van der Waals surface area contributed by atoms with E-state index in [9.17, 15) is 0 Å². The van der Waals surface area contributed by atoms with Gasteiger partial charge >= 0.3 is 0 Å². The molecule has 0 aromatic heterocycles. The lowest BCUT2D eigenvalue weighted by atomic mass is 9.78. The van der Waals surface area contributed by atoms with E-state index in [1.165, 1.54) is 19.3 Å². The summed E-state index contributed by atoms with van der Waals surface area (Å²) >= 11 is 0. The smallest absolute Gasteiger partial charge is 0.0715 e. The molecular formula is C9H20N2O. The third-order valence-corrected chi connectivity index (χ3v) is 2.79. The summed E-state index contributed by atoms with van der Waals surface area (Å²) in [5.74, 6) is 6.22. The average Bonchev–Trinajstić information content (AvgIpc) is 1.96. The molecule has 1 saturated carbocycles. The van der Waals surface area contributed by atoms with Crippen LogP contribution in [0.25, 0.3) is 0 Å². The van der Waals surface area contributed by atoms with Crippen molar-refractivity contribution in [3.8, 4) is 0 Å². The average molecular weight is 172 g/mol. The number of nitrogens with two attached hydrogens (primary N) is 1. The summed E-state index contributed by atoms with van der Waals surface area (Å²) in [7, 11) is 0. The van der Waals surface area contributed by atoms with Crippen LogP contribution in [0, 0.1) is 5.92 Å². The molecule has 0 radical (unpaired) electrons. The van der Waals surface area contributed by atoms with E-state index in [1.807, 2.05) is 6.92 Å². The molecule has 0 saturated heterocycles. The maximum atomic E-state index is 5.51. The van der Waals surface area contributed by atoms with Gasteiger partial charge in [-0.15, -0.1) is 0 Å². The fourth-order valence-corrected chi connectivity index (χ4v) is 1.82. The van der Waals surface area contributed by atoms with E-state index in [0.717, 1.165) is 12.5 Å². The molecule has 12 heavy (non-hydrogen) atoms. The van der Waals surface area contributed by atoms with Crippen molar-refractivity contribution in [2.45, 2.75) is 45.3 Å². The Kier molecular flexibility index (Phi) is 3.98. The molecule has 1 aliphatic rings. The van der Waals surface area contributed by atoms with Crippen LogP contribution < -0.4 is 11.3 Å². The van der Waals surface area contributed by atoms with E-state index in [0.29, 0.717) is 6.04 Å². The summed E-state index contributed by atoms with van der Waals surface area (Å²) < 4.78 is 5.51. The zero-order valence-corrected chi connectivity index (χ0v) is 8.05. The standard InChI is InChI=1S/C9H20N2O/c1-3-12-7(2)9(11-10)8-5-4-6-8/h7-9,11H,3-6,10H2,1-2H3. The molecule has 3 N–H and O–H groups in total. The molecule has 0 aromatic carbocycles. The SMILES string of the molecule is CCOC(C)C(NN)C1CCC1. The maximum Gasteiger partial charge on any atom is 0.0715 e. The molecule has 0 amide bonds. The summed E-state index contributed by atoms with van der Waals surface area (Å²) in [5, 5.41) is 0. The predicted molar refractivity (Wildman–Crippen MR) is 49.5 cm³/mol. The Balaban J connectivity index is 2.31. The van der Waals surface area contributed by atoms with Gasteiger partial charge in [0.25, 0.3) is 0 Å². The zero-order chi connectivity index (χ0) is 8.97. The van der Waals surface area contributed by atoms with E-state index in [1.54, 1.807) is 0 Å². The molecule has 1 rings (SSSR count). The second kappa shape index (κ2) is 4.80. The molecule has 3 nitrogen and oxygen atoms in total. The van der Waals surface area contributed by atoms with Crippen LogP contribution in [-0.4, -0.2) is 18.8 Å². The van der Waals surface area contributed by atoms with Crippen molar-refractivity contribution in [3.05, 3.63) is 0 Å². The number of hydrazine groups is 1. The van der Waals surface area contributed by atoms with Gasteiger partial charge < -0.3 is 4.74 Å². The van der Waals surface area contributed by atoms with Crippen LogP contribution in [0.5, 0.6) is 0 Å². The van der Waals surface area contributed by atoms with Crippen molar-refractivity contribution >= 4 is 0 Å². The van der Waals surface area contributed by atoms with Crippen LogP contribution in [0.2, 0.25) is 0 Å². The van der Waals surface area contributed by atoms with E-state index in [2.05, 4.69) is 12.3 Å². The summed E-state index contributed by atoms with van der Waals surface area (Å²) in [6.07, 6.45) is 4.19. The Bertz CT molecular complexity index is 126. The minimum atomic E-state index is 0.241. The topological polar surface area (TPSA) is 47.3 Å². The van der Waals surface area contributed by atoms with Gasteiger partial charge in [-0.3, -0.25) is 11.3 Å². The Morgan fingerprint density at radius 3 is 2.58 bits per heavy atom. The highest BCUT2D eigenvalue weighted by Gasteiger charge is 2.30. The lowest BCUT2D eigenvalue weighted by molar-refractivity contribution is 0.0158.